The Labute approximate surface area is 237 Å². The first-order valence-corrected chi connectivity index (χ1v) is 14.3. The minimum absolute atomic E-state index is 0.130. The van der Waals surface area contributed by atoms with Gasteiger partial charge in [-0.25, -0.2) is 4.79 Å². The number of nitrogens with zero attached hydrogens (tertiary/aromatic N) is 1. The number of ketones is 2. The first-order valence-electron chi connectivity index (χ1n) is 14.3. The van der Waals surface area contributed by atoms with Crippen molar-refractivity contribution >= 4 is 17.5 Å². The van der Waals surface area contributed by atoms with E-state index in [1.807, 2.05) is 38.1 Å². The maximum atomic E-state index is 13.9. The van der Waals surface area contributed by atoms with E-state index in [1.54, 1.807) is 24.3 Å². The van der Waals surface area contributed by atoms with Gasteiger partial charge in [-0.15, -0.1) is 0 Å². The molecule has 0 heterocycles. The fourth-order valence-electron chi connectivity index (χ4n) is 6.00. The van der Waals surface area contributed by atoms with E-state index < -0.39 is 34.9 Å². The van der Waals surface area contributed by atoms with Crippen molar-refractivity contribution in [3.05, 3.63) is 66.2 Å². The van der Waals surface area contributed by atoms with Crippen LogP contribution in [0.4, 0.5) is 0 Å². The molecule has 0 saturated heterocycles. The molecule has 2 saturated carbocycles. The summed E-state index contributed by atoms with van der Waals surface area (Å²) in [6.07, 6.45) is 5.64. The second-order valence-electron chi connectivity index (χ2n) is 11.8. The maximum Gasteiger partial charge on any atom is 0.334 e. The van der Waals surface area contributed by atoms with E-state index in [9.17, 15) is 14.4 Å². The summed E-state index contributed by atoms with van der Waals surface area (Å²) in [6.45, 7) is 11.2. The van der Waals surface area contributed by atoms with E-state index in [1.165, 1.54) is 13.3 Å². The van der Waals surface area contributed by atoms with Gasteiger partial charge >= 0.3 is 5.97 Å². The van der Waals surface area contributed by atoms with Gasteiger partial charge in [0.25, 0.3) is 5.60 Å². The van der Waals surface area contributed by atoms with Crippen molar-refractivity contribution in [2.45, 2.75) is 84.3 Å². The average molecular weight is 542 g/mol. The van der Waals surface area contributed by atoms with E-state index in [-0.39, 0.29) is 17.1 Å². The molecule has 0 aromatic heterocycles. The zero-order chi connectivity index (χ0) is 29.1. The Morgan fingerprint density at radius 1 is 0.925 bits per heavy atom. The van der Waals surface area contributed by atoms with Gasteiger partial charge in [0.2, 0.25) is 0 Å². The van der Waals surface area contributed by atoms with Gasteiger partial charge in [0.15, 0.2) is 17.7 Å². The number of esters is 1. The highest BCUT2D eigenvalue weighted by molar-refractivity contribution is 6.24. The third kappa shape index (κ3) is 5.47. The molecule has 2 aromatic carbocycles. The van der Waals surface area contributed by atoms with Crippen LogP contribution in [0.1, 0.15) is 78.2 Å². The molecule has 0 radical (unpaired) electrons. The molecule has 3 atom stereocenters. The smallest absolute Gasteiger partial charge is 0.334 e. The molecule has 2 aliphatic carbocycles. The van der Waals surface area contributed by atoms with Crippen LogP contribution in [0.15, 0.2) is 60.7 Å². The van der Waals surface area contributed by atoms with Gasteiger partial charge in [-0.1, -0.05) is 83.7 Å². The monoisotopic (exact) mass is 541 g/mol. The van der Waals surface area contributed by atoms with Crippen molar-refractivity contribution in [1.82, 2.24) is 0 Å². The third-order valence-corrected chi connectivity index (χ3v) is 8.48. The van der Waals surface area contributed by atoms with Crippen LogP contribution in [-0.2, 0) is 19.1 Å². The highest BCUT2D eigenvalue weighted by Crippen LogP contribution is 2.67. The lowest BCUT2D eigenvalue weighted by Crippen LogP contribution is -2.60. The zero-order valence-corrected chi connectivity index (χ0v) is 24.0. The molecular weight excluding hydrogens is 502 g/mol. The standard InChI is InChI=1S/C34H39NO5/c1-6-7-8-9-10-11-12-27(39-26-19-17-25(18-20-26)24-15-13-23(21-35)14-16-24)34(40-32(38)22(2)3)30(36)28-29(31(34)37)33(28,4)5/h13-20,27-29H,2,6-12H2,1,3-5H3. The summed E-state index contributed by atoms with van der Waals surface area (Å²) in [5, 5.41) is 9.06. The number of rotatable bonds is 13. The topological polar surface area (TPSA) is 93.5 Å². The fourth-order valence-corrected chi connectivity index (χ4v) is 6.00. The Kier molecular flexibility index (Phi) is 8.63. The highest BCUT2D eigenvalue weighted by atomic mass is 16.6. The van der Waals surface area contributed by atoms with Gasteiger partial charge in [0.1, 0.15) is 5.75 Å². The van der Waals surface area contributed by atoms with E-state index in [0.717, 1.165) is 43.2 Å². The van der Waals surface area contributed by atoms with Gasteiger partial charge in [0.05, 0.1) is 11.6 Å². The summed E-state index contributed by atoms with van der Waals surface area (Å²) >= 11 is 0. The van der Waals surface area contributed by atoms with Crippen LogP contribution < -0.4 is 4.74 Å². The molecule has 2 aliphatic rings. The minimum atomic E-state index is -1.98. The lowest BCUT2D eigenvalue weighted by molar-refractivity contribution is -0.180. The van der Waals surface area contributed by atoms with Crippen LogP contribution in [0.25, 0.3) is 11.1 Å². The van der Waals surface area contributed by atoms with Crippen molar-refractivity contribution in [1.29, 1.82) is 5.26 Å². The van der Waals surface area contributed by atoms with Gasteiger partial charge in [-0.2, -0.15) is 5.26 Å². The molecule has 0 bridgehead atoms. The summed E-state index contributed by atoms with van der Waals surface area (Å²) in [5.74, 6) is -1.94. The van der Waals surface area contributed by atoms with Crippen LogP contribution in [0.2, 0.25) is 0 Å². The van der Waals surface area contributed by atoms with Crippen LogP contribution in [0, 0.1) is 28.6 Å². The lowest BCUT2D eigenvalue weighted by atomic mass is 9.80. The molecule has 0 spiro atoms. The molecular formula is C34H39NO5. The third-order valence-electron chi connectivity index (χ3n) is 8.48. The number of fused-ring (bicyclic) bond motifs is 1. The molecule has 210 valence electrons. The summed E-state index contributed by atoms with van der Waals surface area (Å²) < 4.78 is 12.3. The largest absolute Gasteiger partial charge is 0.485 e. The van der Waals surface area contributed by atoms with Gasteiger partial charge in [-0.05, 0) is 60.6 Å². The molecule has 2 aromatic rings. The molecule has 3 unspecified atom stereocenters. The molecule has 40 heavy (non-hydrogen) atoms. The van der Waals surface area contributed by atoms with Crippen molar-refractivity contribution in [2.75, 3.05) is 0 Å². The summed E-state index contributed by atoms with van der Waals surface area (Å²) in [5.41, 5.74) is 0.178. The first kappa shape index (κ1) is 29.3. The highest BCUT2D eigenvalue weighted by Gasteiger charge is 2.81. The van der Waals surface area contributed by atoms with Crippen molar-refractivity contribution < 1.29 is 23.9 Å². The van der Waals surface area contributed by atoms with Crippen molar-refractivity contribution in [2.24, 2.45) is 17.3 Å². The quantitative estimate of drug-likeness (QED) is 0.117. The predicted molar refractivity (Wildman–Crippen MR) is 153 cm³/mol. The first-order chi connectivity index (χ1) is 19.1. The Balaban J connectivity index is 1.63. The van der Waals surface area contributed by atoms with Crippen molar-refractivity contribution in [3.63, 3.8) is 0 Å². The second kappa shape index (κ2) is 11.8. The maximum absolute atomic E-state index is 13.9. The molecule has 6 nitrogen and oxygen atoms in total. The number of hydrogen-bond donors (Lipinski definition) is 0. The molecule has 0 amide bonds. The Bertz CT molecular complexity index is 1290. The van der Waals surface area contributed by atoms with E-state index in [4.69, 9.17) is 14.7 Å². The predicted octanol–water partition coefficient (Wildman–Crippen LogP) is 7.01. The Morgan fingerprint density at radius 3 is 1.98 bits per heavy atom. The number of hydrogen-bond acceptors (Lipinski definition) is 6. The Hall–Kier alpha value is -3.72. The van der Waals surface area contributed by atoms with Crippen LogP contribution in [-0.4, -0.2) is 29.2 Å². The molecule has 4 rings (SSSR count). The number of carbonyl (C=O) groups is 3. The van der Waals surface area contributed by atoms with Gasteiger partial charge in [-0.3, -0.25) is 9.59 Å². The molecule has 0 N–H and O–H groups in total. The SMILES string of the molecule is C=C(C)C(=O)OC1(C(CCCCCCCC)Oc2ccc(-c3ccc(C#N)cc3)cc2)C(=O)C2C(C1=O)C2(C)C. The second-order valence-corrected chi connectivity index (χ2v) is 11.8. The Morgan fingerprint density at radius 2 is 1.45 bits per heavy atom. The normalized spacial score (nSPS) is 23.2. The van der Waals surface area contributed by atoms with Crippen LogP contribution >= 0.6 is 0 Å². The summed E-state index contributed by atoms with van der Waals surface area (Å²) in [7, 11) is 0. The minimum Gasteiger partial charge on any atom is -0.485 e. The number of ether oxygens (including phenoxy) is 2. The lowest BCUT2D eigenvalue weighted by Gasteiger charge is -2.37. The summed E-state index contributed by atoms with van der Waals surface area (Å²) in [6, 6.07) is 16.8. The molecule has 6 heteroatoms. The number of Topliss-reactive ketones (excluding diaryl/α,β-unsaturated/α-hetero) is 2. The summed E-state index contributed by atoms with van der Waals surface area (Å²) in [4.78, 5) is 40.7. The van der Waals surface area contributed by atoms with Gasteiger partial charge < -0.3 is 9.47 Å². The van der Waals surface area contributed by atoms with E-state index >= 15 is 0 Å². The van der Waals surface area contributed by atoms with E-state index in [2.05, 4.69) is 19.6 Å². The van der Waals surface area contributed by atoms with E-state index in [0.29, 0.717) is 17.7 Å². The van der Waals surface area contributed by atoms with Crippen LogP contribution in [0.5, 0.6) is 5.75 Å². The van der Waals surface area contributed by atoms with Crippen LogP contribution in [0.3, 0.4) is 0 Å². The van der Waals surface area contributed by atoms with Crippen molar-refractivity contribution in [3.8, 4) is 22.9 Å². The molecule has 0 aliphatic heterocycles. The zero-order valence-electron chi connectivity index (χ0n) is 24.0. The average Bonchev–Trinajstić information content (AvgIpc) is 3.44. The number of benzene rings is 2. The number of nitriles is 1. The number of unbranched alkanes of at least 4 members (excludes halogenated alkanes) is 5. The fraction of sp³-hybridized carbons (Fsp3) is 0.471. The van der Waals surface area contributed by atoms with Gasteiger partial charge in [0, 0.05) is 17.4 Å². The molecule has 2 fully saturated rings. The number of carbonyl (C=O) groups excluding carboxylic acids is 3.